The molecular formula is C8H12LiNO3S2. The molecule has 0 atom stereocenters. The number of rotatable bonds is 6. The van der Waals surface area contributed by atoms with E-state index in [4.69, 9.17) is 0 Å². The minimum atomic E-state index is -4.07. The monoisotopic (exact) mass is 241 g/mol. The summed E-state index contributed by atoms with van der Waals surface area (Å²) >= 11 is 1.63. The Morgan fingerprint density at radius 2 is 2.13 bits per heavy atom. The molecule has 0 unspecified atom stereocenters. The predicted octanol–water partition coefficient (Wildman–Crippen LogP) is -2.57. The third kappa shape index (κ3) is 8.02. The van der Waals surface area contributed by atoms with Crippen LogP contribution >= 0.6 is 11.3 Å². The Morgan fingerprint density at radius 3 is 2.67 bits per heavy atom. The van der Waals surface area contributed by atoms with Gasteiger partial charge in [0.1, 0.15) is 0 Å². The summed E-state index contributed by atoms with van der Waals surface area (Å²) in [5, 5.41) is 6.95. The molecule has 0 aliphatic heterocycles. The molecule has 15 heavy (non-hydrogen) atoms. The van der Waals surface area contributed by atoms with Crippen molar-refractivity contribution in [1.29, 1.82) is 0 Å². The number of nitrogens with one attached hydrogen (secondary N) is 1. The van der Waals surface area contributed by atoms with Crippen molar-refractivity contribution in [3.8, 4) is 0 Å². The molecule has 4 nitrogen and oxygen atoms in total. The molecule has 0 aromatic carbocycles. The van der Waals surface area contributed by atoms with E-state index < -0.39 is 10.1 Å². The van der Waals surface area contributed by atoms with Gasteiger partial charge < -0.3 is 9.87 Å². The summed E-state index contributed by atoms with van der Waals surface area (Å²) in [6.07, 6.45) is 0.863. The smallest absolute Gasteiger partial charge is 0.748 e. The van der Waals surface area contributed by atoms with Gasteiger partial charge in [-0.05, 0) is 35.4 Å². The molecule has 1 aromatic rings. The summed E-state index contributed by atoms with van der Waals surface area (Å²) in [6, 6.07) is 2.02. The maximum absolute atomic E-state index is 10.2. The van der Waals surface area contributed by atoms with Crippen LogP contribution < -0.4 is 24.2 Å². The molecule has 1 heterocycles. The van der Waals surface area contributed by atoms with Crippen molar-refractivity contribution in [2.75, 3.05) is 18.8 Å². The summed E-state index contributed by atoms with van der Waals surface area (Å²) in [4.78, 5) is 0. The van der Waals surface area contributed by atoms with E-state index in [-0.39, 0.29) is 31.2 Å². The van der Waals surface area contributed by atoms with Crippen LogP contribution in [0, 0.1) is 0 Å². The first-order valence-corrected chi connectivity index (χ1v) is 6.75. The van der Waals surface area contributed by atoms with Gasteiger partial charge in [0, 0.05) is 6.54 Å². The second-order valence-electron chi connectivity index (χ2n) is 2.89. The fourth-order valence-electron chi connectivity index (χ4n) is 0.990. The summed E-state index contributed by atoms with van der Waals surface area (Å²) in [6.45, 7) is 0.933. The van der Waals surface area contributed by atoms with E-state index in [1.807, 2.05) is 16.8 Å². The van der Waals surface area contributed by atoms with E-state index in [1.165, 1.54) is 5.56 Å². The molecule has 1 aromatic heterocycles. The zero-order valence-electron chi connectivity index (χ0n) is 8.60. The van der Waals surface area contributed by atoms with Crippen LogP contribution in [0.4, 0.5) is 0 Å². The maximum Gasteiger partial charge on any atom is 1.00 e. The standard InChI is InChI=1S/C8H13NO3S2.Li/c10-14(11,12)6-4-9-3-1-8-2-5-13-7-8;/h2,5,7,9H,1,3-4,6H2,(H,10,11,12);/q;+1/p-1. The first kappa shape index (κ1) is 15.2. The molecule has 0 saturated carbocycles. The Bertz CT molecular complexity index is 350. The van der Waals surface area contributed by atoms with Gasteiger partial charge in [0.2, 0.25) is 0 Å². The summed E-state index contributed by atoms with van der Waals surface area (Å²) in [7, 11) is -4.07. The molecule has 0 saturated heterocycles. The number of thiophene rings is 1. The van der Waals surface area contributed by atoms with Crippen LogP contribution in [0.15, 0.2) is 16.8 Å². The van der Waals surface area contributed by atoms with Crippen LogP contribution in [-0.2, 0) is 16.5 Å². The molecule has 0 aliphatic rings. The normalized spacial score (nSPS) is 11.0. The average molecular weight is 241 g/mol. The largest absolute Gasteiger partial charge is 1.00 e. The van der Waals surface area contributed by atoms with Gasteiger partial charge in [0.05, 0.1) is 15.9 Å². The Balaban J connectivity index is 0.00000196. The minimum absolute atomic E-state index is 0. The van der Waals surface area contributed by atoms with Gasteiger partial charge in [-0.15, -0.1) is 0 Å². The predicted molar refractivity (Wildman–Crippen MR) is 55.5 cm³/mol. The van der Waals surface area contributed by atoms with Gasteiger partial charge in [-0.1, -0.05) is 0 Å². The number of hydrogen-bond acceptors (Lipinski definition) is 5. The second kappa shape index (κ2) is 7.44. The van der Waals surface area contributed by atoms with Gasteiger partial charge in [0.15, 0.2) is 0 Å². The van der Waals surface area contributed by atoms with Crippen LogP contribution in [0.5, 0.6) is 0 Å². The third-order valence-electron chi connectivity index (χ3n) is 1.70. The van der Waals surface area contributed by atoms with Crippen LogP contribution in [-0.4, -0.2) is 31.8 Å². The zero-order valence-corrected chi connectivity index (χ0v) is 10.2. The van der Waals surface area contributed by atoms with Crippen molar-refractivity contribution in [1.82, 2.24) is 5.32 Å². The summed E-state index contributed by atoms with van der Waals surface area (Å²) in [5.41, 5.74) is 1.23. The summed E-state index contributed by atoms with van der Waals surface area (Å²) in [5.74, 6) is -0.337. The minimum Gasteiger partial charge on any atom is -0.748 e. The Morgan fingerprint density at radius 1 is 1.40 bits per heavy atom. The van der Waals surface area contributed by atoms with E-state index >= 15 is 0 Å². The molecule has 0 spiro atoms. The van der Waals surface area contributed by atoms with Crippen molar-refractivity contribution in [2.24, 2.45) is 0 Å². The molecule has 0 bridgehead atoms. The van der Waals surface area contributed by atoms with Gasteiger partial charge in [-0.25, -0.2) is 8.42 Å². The second-order valence-corrected chi connectivity index (χ2v) is 5.20. The summed E-state index contributed by atoms with van der Waals surface area (Å²) < 4.78 is 30.7. The first-order valence-electron chi connectivity index (χ1n) is 4.23. The van der Waals surface area contributed by atoms with Gasteiger partial charge >= 0.3 is 18.9 Å². The SMILES string of the molecule is O=S(=O)([O-])CCNCCc1ccsc1.[Li+]. The van der Waals surface area contributed by atoms with E-state index in [1.54, 1.807) is 11.3 Å². The van der Waals surface area contributed by atoms with Crippen molar-refractivity contribution in [3.05, 3.63) is 22.4 Å². The number of hydrogen-bond donors (Lipinski definition) is 1. The van der Waals surface area contributed by atoms with Crippen LogP contribution in [0.1, 0.15) is 5.56 Å². The average Bonchev–Trinajstić information content (AvgIpc) is 2.54. The fourth-order valence-corrected chi connectivity index (χ4v) is 2.09. The van der Waals surface area contributed by atoms with Crippen molar-refractivity contribution < 1.29 is 31.8 Å². The molecule has 0 amide bonds. The molecule has 80 valence electrons. The fraction of sp³-hybridized carbons (Fsp3) is 0.500. The van der Waals surface area contributed by atoms with Gasteiger partial charge in [-0.2, -0.15) is 11.3 Å². The van der Waals surface area contributed by atoms with Crippen LogP contribution in [0.2, 0.25) is 0 Å². The molecule has 0 fully saturated rings. The van der Waals surface area contributed by atoms with E-state index in [0.717, 1.165) is 6.42 Å². The zero-order chi connectivity index (χ0) is 10.4. The first-order chi connectivity index (χ1) is 6.58. The van der Waals surface area contributed by atoms with Crippen molar-refractivity contribution >= 4 is 21.5 Å². The molecular weight excluding hydrogens is 229 g/mol. The van der Waals surface area contributed by atoms with Gasteiger partial charge in [-0.3, -0.25) is 0 Å². The topological polar surface area (TPSA) is 69.2 Å². The Labute approximate surface area is 106 Å². The van der Waals surface area contributed by atoms with E-state index in [2.05, 4.69) is 5.32 Å². The van der Waals surface area contributed by atoms with E-state index in [9.17, 15) is 13.0 Å². The molecule has 0 aliphatic carbocycles. The molecule has 1 rings (SSSR count). The van der Waals surface area contributed by atoms with Crippen molar-refractivity contribution in [3.63, 3.8) is 0 Å². The molecule has 1 N–H and O–H groups in total. The van der Waals surface area contributed by atoms with Crippen molar-refractivity contribution in [2.45, 2.75) is 6.42 Å². The molecule has 0 radical (unpaired) electrons. The Hall–Kier alpha value is 0.167. The van der Waals surface area contributed by atoms with Gasteiger partial charge in [0.25, 0.3) is 0 Å². The van der Waals surface area contributed by atoms with Crippen LogP contribution in [0.3, 0.4) is 0 Å². The van der Waals surface area contributed by atoms with Crippen LogP contribution in [0.25, 0.3) is 0 Å². The third-order valence-corrected chi connectivity index (χ3v) is 3.14. The Kier molecular flexibility index (Phi) is 7.53. The molecule has 7 heteroatoms. The van der Waals surface area contributed by atoms with E-state index in [0.29, 0.717) is 6.54 Å². The maximum atomic E-state index is 10.2. The quantitative estimate of drug-likeness (QED) is 0.338.